The molecule has 0 amide bonds. The van der Waals surface area contributed by atoms with Crippen LogP contribution >= 0.6 is 11.8 Å². The van der Waals surface area contributed by atoms with Gasteiger partial charge in [-0.25, -0.2) is 4.79 Å². The van der Waals surface area contributed by atoms with Gasteiger partial charge < -0.3 is 25.8 Å². The topological polar surface area (TPSA) is 155 Å². The molecule has 0 aromatic heterocycles. The third-order valence-corrected chi connectivity index (χ3v) is 3.06. The summed E-state index contributed by atoms with van der Waals surface area (Å²) < 4.78 is 0. The van der Waals surface area contributed by atoms with Crippen molar-refractivity contribution in [1.29, 1.82) is 0 Å². The summed E-state index contributed by atoms with van der Waals surface area (Å²) in [6.07, 6.45) is 1.00. The number of rotatable bonds is 7. The minimum atomic E-state index is -3.03. The lowest BCUT2D eigenvalue weighted by Crippen LogP contribution is -2.69. The average Bonchev–Trinajstić information content (AvgIpc) is 2.23. The lowest BCUT2D eigenvalue weighted by Gasteiger charge is -2.34. The Balaban J connectivity index is 6.07. The highest BCUT2D eigenvalue weighted by Crippen LogP contribution is 2.33. The van der Waals surface area contributed by atoms with E-state index in [1.807, 2.05) is 0 Å². The molecule has 0 fully saturated rings. The molecule has 0 aromatic rings. The number of aldehydes is 1. The van der Waals surface area contributed by atoms with E-state index in [0.717, 1.165) is 11.8 Å². The number of thioether (sulfide) groups is 1. The van der Waals surface area contributed by atoms with Crippen LogP contribution in [-0.2, 0) is 19.2 Å². The minimum absolute atomic E-state index is 0.367. The summed E-state index contributed by atoms with van der Waals surface area (Å²) in [6, 6.07) is 0. The zero-order chi connectivity index (χ0) is 13.9. The van der Waals surface area contributed by atoms with Crippen molar-refractivity contribution in [3.05, 3.63) is 0 Å². The van der Waals surface area contributed by atoms with Gasteiger partial charge in [0.1, 0.15) is 0 Å². The quantitative estimate of drug-likeness (QED) is 0.317. The van der Waals surface area contributed by atoms with Crippen molar-refractivity contribution in [2.24, 2.45) is 11.1 Å². The molecule has 0 spiro atoms. The van der Waals surface area contributed by atoms with Gasteiger partial charge in [-0.2, -0.15) is 11.8 Å². The van der Waals surface area contributed by atoms with Crippen LogP contribution < -0.4 is 5.73 Å². The maximum Gasteiger partial charge on any atom is 0.333 e. The van der Waals surface area contributed by atoms with Crippen LogP contribution in [0.15, 0.2) is 0 Å². The molecule has 8 nitrogen and oxygen atoms in total. The molecule has 9 heteroatoms. The first kappa shape index (κ1) is 15.4. The highest BCUT2D eigenvalue weighted by molar-refractivity contribution is 7.98. The van der Waals surface area contributed by atoms with Gasteiger partial charge in [-0.3, -0.25) is 9.59 Å². The molecule has 96 valence electrons. The molecule has 1 unspecified atom stereocenters. The van der Waals surface area contributed by atoms with Gasteiger partial charge in [0.15, 0.2) is 11.8 Å². The van der Waals surface area contributed by atoms with Crippen molar-refractivity contribution in [2.75, 3.05) is 12.0 Å². The highest BCUT2D eigenvalue weighted by atomic mass is 32.2. The largest absolute Gasteiger partial charge is 0.480 e. The Morgan fingerprint density at radius 3 is 1.76 bits per heavy atom. The third kappa shape index (κ3) is 2.11. The van der Waals surface area contributed by atoms with Gasteiger partial charge in [0.2, 0.25) is 5.41 Å². The first-order valence-corrected chi connectivity index (χ1v) is 5.54. The number of aliphatic carboxylic acids is 3. The lowest BCUT2D eigenvalue weighted by atomic mass is 9.71. The van der Waals surface area contributed by atoms with Gasteiger partial charge in [-0.15, -0.1) is 0 Å². The fraction of sp³-hybridized carbons (Fsp3) is 0.500. The molecule has 0 saturated carbocycles. The second-order valence-electron chi connectivity index (χ2n) is 3.24. The van der Waals surface area contributed by atoms with Crippen molar-refractivity contribution < 1.29 is 34.5 Å². The van der Waals surface area contributed by atoms with E-state index in [9.17, 15) is 19.2 Å². The number of carbonyl (C=O) groups is 4. The Morgan fingerprint density at radius 1 is 1.18 bits per heavy atom. The molecule has 0 radical (unpaired) electrons. The van der Waals surface area contributed by atoms with Crippen LogP contribution in [0.4, 0.5) is 0 Å². The lowest BCUT2D eigenvalue weighted by molar-refractivity contribution is -0.176. The summed E-state index contributed by atoms with van der Waals surface area (Å²) >= 11 is 0.761. The first-order chi connectivity index (χ1) is 7.70. The van der Waals surface area contributed by atoms with Crippen molar-refractivity contribution in [1.82, 2.24) is 0 Å². The van der Waals surface area contributed by atoms with Gasteiger partial charge in [0.05, 0.1) is 0 Å². The van der Waals surface area contributed by atoms with E-state index < -0.39 is 34.6 Å². The van der Waals surface area contributed by atoms with Crippen molar-refractivity contribution in [2.45, 2.75) is 5.54 Å². The maximum atomic E-state index is 11.1. The Kier molecular flexibility index (Phi) is 4.66. The van der Waals surface area contributed by atoms with E-state index in [0.29, 0.717) is 0 Å². The monoisotopic (exact) mass is 265 g/mol. The van der Waals surface area contributed by atoms with Crippen LogP contribution in [0.25, 0.3) is 0 Å². The maximum absolute atomic E-state index is 11.1. The van der Waals surface area contributed by atoms with E-state index >= 15 is 0 Å². The van der Waals surface area contributed by atoms with E-state index in [1.54, 1.807) is 0 Å². The molecule has 0 aromatic carbocycles. The first-order valence-electron chi connectivity index (χ1n) is 4.15. The van der Waals surface area contributed by atoms with Gasteiger partial charge >= 0.3 is 17.9 Å². The van der Waals surface area contributed by atoms with Crippen LogP contribution in [0.1, 0.15) is 0 Å². The fourth-order valence-electron chi connectivity index (χ4n) is 1.24. The minimum Gasteiger partial charge on any atom is -0.480 e. The molecule has 0 saturated heterocycles. The number of nitrogens with two attached hydrogens (primary N) is 1. The molecule has 17 heavy (non-hydrogen) atoms. The molecule has 5 N–H and O–H groups in total. The van der Waals surface area contributed by atoms with Crippen LogP contribution in [0.2, 0.25) is 0 Å². The number of carboxylic acids is 3. The number of carbonyl (C=O) groups excluding carboxylic acids is 1. The van der Waals surface area contributed by atoms with Crippen LogP contribution in [-0.4, -0.2) is 57.1 Å². The SMILES string of the molecule is CSCC(C(=O)O)(C(=O)O)C(N)(C=O)C(=O)O. The second-order valence-corrected chi connectivity index (χ2v) is 4.11. The summed E-state index contributed by atoms with van der Waals surface area (Å²) in [5.74, 6) is -6.61. The highest BCUT2D eigenvalue weighted by Gasteiger charge is 2.65. The van der Waals surface area contributed by atoms with E-state index in [1.165, 1.54) is 6.26 Å². The van der Waals surface area contributed by atoms with E-state index in [4.69, 9.17) is 21.1 Å². The van der Waals surface area contributed by atoms with Gasteiger partial charge in [0, 0.05) is 5.75 Å². The molecule has 0 bridgehead atoms. The second kappa shape index (κ2) is 5.15. The summed E-state index contributed by atoms with van der Waals surface area (Å²) in [4.78, 5) is 43.8. The Bertz CT molecular complexity index is 355. The van der Waals surface area contributed by atoms with Gasteiger partial charge in [-0.05, 0) is 6.26 Å². The molecular weight excluding hydrogens is 254 g/mol. The average molecular weight is 265 g/mol. The molecule has 0 aliphatic heterocycles. The van der Waals surface area contributed by atoms with E-state index in [-0.39, 0.29) is 6.29 Å². The zero-order valence-corrected chi connectivity index (χ0v) is 9.56. The summed E-state index contributed by atoms with van der Waals surface area (Å²) in [5.41, 5.74) is -0.786. The molecule has 0 aliphatic rings. The van der Waals surface area contributed by atoms with Crippen molar-refractivity contribution in [3.8, 4) is 0 Å². The van der Waals surface area contributed by atoms with Crippen molar-refractivity contribution in [3.63, 3.8) is 0 Å². The number of carboxylic acid groups (broad SMARTS) is 3. The Morgan fingerprint density at radius 2 is 1.59 bits per heavy atom. The predicted octanol–water partition coefficient (Wildman–Crippen LogP) is -1.51. The van der Waals surface area contributed by atoms with Crippen LogP contribution in [0, 0.1) is 5.41 Å². The molecule has 0 heterocycles. The molecule has 1 atom stereocenters. The zero-order valence-electron chi connectivity index (χ0n) is 8.74. The molecule has 0 rings (SSSR count). The Hall–Kier alpha value is -1.61. The molecular formula is C8H11NO7S. The summed E-state index contributed by atoms with van der Waals surface area (Å²) in [7, 11) is 0. The van der Waals surface area contributed by atoms with E-state index in [2.05, 4.69) is 0 Å². The smallest absolute Gasteiger partial charge is 0.333 e. The fourth-order valence-corrected chi connectivity index (χ4v) is 2.16. The van der Waals surface area contributed by atoms with Crippen molar-refractivity contribution >= 4 is 36.0 Å². The summed E-state index contributed by atoms with van der Waals surface area (Å²) in [6.45, 7) is 0. The normalized spacial score (nSPS) is 14.7. The standard InChI is InChI=1S/C8H11NO7S/c1-17-3-7(4(11)12,5(13)14)8(9,2-10)6(15)16/h2H,3,9H2,1H3,(H,11,12)(H,13,14)(H,15,16). The van der Waals surface area contributed by atoms with Gasteiger partial charge in [0.25, 0.3) is 0 Å². The number of hydrogen-bond donors (Lipinski definition) is 4. The van der Waals surface area contributed by atoms with Gasteiger partial charge in [-0.1, -0.05) is 0 Å². The Labute approximate surface area is 99.8 Å². The summed E-state index contributed by atoms with van der Waals surface area (Å²) in [5, 5.41) is 26.7. The number of hydrogen-bond acceptors (Lipinski definition) is 6. The third-order valence-electron chi connectivity index (χ3n) is 2.34. The predicted molar refractivity (Wildman–Crippen MR) is 56.7 cm³/mol. The van der Waals surface area contributed by atoms with Crippen LogP contribution in [0.5, 0.6) is 0 Å². The molecule has 0 aliphatic carbocycles. The van der Waals surface area contributed by atoms with Crippen LogP contribution in [0.3, 0.4) is 0 Å².